The van der Waals surface area contributed by atoms with Crippen LogP contribution in [0.25, 0.3) is 22.1 Å². The van der Waals surface area contributed by atoms with Crippen LogP contribution in [-0.2, 0) is 20.0 Å². The highest BCUT2D eigenvalue weighted by atomic mass is 16.1. The van der Waals surface area contributed by atoms with E-state index >= 15 is 0 Å². The number of rotatable bonds is 5. The predicted molar refractivity (Wildman–Crippen MR) is 106 cm³/mol. The van der Waals surface area contributed by atoms with Crippen LogP contribution < -0.4 is 5.69 Å². The second-order valence-corrected chi connectivity index (χ2v) is 7.07. The fourth-order valence-electron chi connectivity index (χ4n) is 3.82. The molecule has 0 radical (unpaired) electrons. The van der Waals surface area contributed by atoms with Crippen molar-refractivity contribution in [2.45, 2.75) is 39.3 Å². The Morgan fingerprint density at radius 2 is 1.62 bits per heavy atom. The Kier molecular flexibility index (Phi) is 4.15. The van der Waals surface area contributed by atoms with Crippen molar-refractivity contribution >= 4 is 22.1 Å². The lowest BCUT2D eigenvalue weighted by atomic mass is 10.2. The summed E-state index contributed by atoms with van der Waals surface area (Å²) < 4.78 is 5.90. The van der Waals surface area contributed by atoms with E-state index in [0.29, 0.717) is 12.6 Å². The average Bonchev–Trinajstić information content (AvgIpc) is 3.13. The van der Waals surface area contributed by atoms with Crippen molar-refractivity contribution < 1.29 is 0 Å². The van der Waals surface area contributed by atoms with Crippen molar-refractivity contribution in [1.29, 1.82) is 0 Å². The van der Waals surface area contributed by atoms with E-state index in [2.05, 4.69) is 36.6 Å². The first kappa shape index (κ1) is 16.6. The van der Waals surface area contributed by atoms with E-state index in [1.807, 2.05) is 41.9 Å². The van der Waals surface area contributed by atoms with Gasteiger partial charge in [0.2, 0.25) is 0 Å². The number of imidazole rings is 2. The maximum Gasteiger partial charge on any atom is 0.328 e. The number of aromatic nitrogens is 4. The van der Waals surface area contributed by atoms with Crippen molar-refractivity contribution in [3.05, 3.63) is 64.8 Å². The number of hydrogen-bond donors (Lipinski definition) is 0. The molecule has 0 N–H and O–H groups in total. The Labute approximate surface area is 152 Å². The molecule has 4 rings (SSSR count). The van der Waals surface area contributed by atoms with Gasteiger partial charge < -0.3 is 4.57 Å². The van der Waals surface area contributed by atoms with Gasteiger partial charge in [0.15, 0.2) is 0 Å². The summed E-state index contributed by atoms with van der Waals surface area (Å²) in [5.41, 5.74) is 4.24. The summed E-state index contributed by atoms with van der Waals surface area (Å²) in [7, 11) is 1.83. The van der Waals surface area contributed by atoms with Gasteiger partial charge in [0.25, 0.3) is 0 Å². The van der Waals surface area contributed by atoms with Crippen LogP contribution in [0.3, 0.4) is 0 Å². The molecule has 0 fully saturated rings. The van der Waals surface area contributed by atoms with Crippen molar-refractivity contribution in [2.75, 3.05) is 0 Å². The van der Waals surface area contributed by atoms with Crippen LogP contribution in [0, 0.1) is 0 Å². The van der Waals surface area contributed by atoms with Crippen LogP contribution in [0.5, 0.6) is 0 Å². The summed E-state index contributed by atoms with van der Waals surface area (Å²) in [6.07, 6.45) is 1.73. The van der Waals surface area contributed by atoms with Crippen molar-refractivity contribution in [2.24, 2.45) is 7.05 Å². The van der Waals surface area contributed by atoms with Gasteiger partial charge in [-0.1, -0.05) is 24.3 Å². The molecule has 0 atom stereocenters. The largest absolute Gasteiger partial charge is 0.328 e. The number of nitrogens with zero attached hydrogens (tertiary/aromatic N) is 4. The molecule has 0 aliphatic carbocycles. The molecule has 0 saturated carbocycles. The number of para-hydroxylation sites is 4. The molecular weight excluding hydrogens is 324 g/mol. The minimum atomic E-state index is 0.0450. The standard InChI is InChI=1S/C21H24N4O/c1-15(2)25-17-10-5-4-9-16(17)22-20(25)13-8-14-24-19-12-7-6-11-18(19)23(3)21(24)26/h4-7,9-12,15H,8,13-14H2,1-3H3. The normalized spacial score (nSPS) is 11.8. The topological polar surface area (TPSA) is 44.8 Å². The van der Waals surface area contributed by atoms with Gasteiger partial charge in [-0.2, -0.15) is 0 Å². The Hall–Kier alpha value is -2.82. The van der Waals surface area contributed by atoms with Gasteiger partial charge >= 0.3 is 5.69 Å². The molecule has 5 heteroatoms. The molecule has 0 aliphatic rings. The first-order valence-electron chi connectivity index (χ1n) is 9.18. The molecule has 134 valence electrons. The molecule has 5 nitrogen and oxygen atoms in total. The lowest BCUT2D eigenvalue weighted by molar-refractivity contribution is 0.554. The van der Waals surface area contributed by atoms with Gasteiger partial charge in [0.1, 0.15) is 5.82 Å². The highest BCUT2D eigenvalue weighted by Gasteiger charge is 2.14. The van der Waals surface area contributed by atoms with E-state index in [9.17, 15) is 4.79 Å². The molecule has 0 bridgehead atoms. The van der Waals surface area contributed by atoms with Gasteiger partial charge in [-0.15, -0.1) is 0 Å². The Morgan fingerprint density at radius 1 is 0.962 bits per heavy atom. The lowest BCUT2D eigenvalue weighted by Gasteiger charge is -2.13. The summed E-state index contributed by atoms with van der Waals surface area (Å²) in [4.78, 5) is 17.4. The van der Waals surface area contributed by atoms with E-state index in [1.54, 1.807) is 4.57 Å². The lowest BCUT2D eigenvalue weighted by Crippen LogP contribution is -2.22. The van der Waals surface area contributed by atoms with Gasteiger partial charge in [0, 0.05) is 26.1 Å². The predicted octanol–water partition coefficient (Wildman–Crippen LogP) is 3.90. The zero-order valence-corrected chi connectivity index (χ0v) is 15.5. The molecule has 0 spiro atoms. The molecule has 26 heavy (non-hydrogen) atoms. The zero-order chi connectivity index (χ0) is 18.3. The second-order valence-electron chi connectivity index (χ2n) is 7.07. The third kappa shape index (κ3) is 2.64. The second kappa shape index (κ2) is 6.48. The van der Waals surface area contributed by atoms with Gasteiger partial charge in [-0.3, -0.25) is 9.13 Å². The first-order chi connectivity index (χ1) is 12.6. The highest BCUT2D eigenvalue weighted by Crippen LogP contribution is 2.22. The monoisotopic (exact) mass is 348 g/mol. The molecule has 0 saturated heterocycles. The van der Waals surface area contributed by atoms with E-state index in [-0.39, 0.29) is 5.69 Å². The third-order valence-electron chi connectivity index (χ3n) is 5.02. The first-order valence-corrected chi connectivity index (χ1v) is 9.18. The van der Waals surface area contributed by atoms with E-state index in [4.69, 9.17) is 4.98 Å². The third-order valence-corrected chi connectivity index (χ3v) is 5.02. The summed E-state index contributed by atoms with van der Waals surface area (Å²) >= 11 is 0. The van der Waals surface area contributed by atoms with E-state index < -0.39 is 0 Å². The number of fused-ring (bicyclic) bond motifs is 2. The summed E-state index contributed by atoms with van der Waals surface area (Å²) in [5, 5.41) is 0. The maximum absolute atomic E-state index is 12.6. The fraction of sp³-hybridized carbons (Fsp3) is 0.333. The highest BCUT2D eigenvalue weighted by molar-refractivity contribution is 5.76. The van der Waals surface area contributed by atoms with Crippen LogP contribution in [0.15, 0.2) is 53.3 Å². The average molecular weight is 348 g/mol. The minimum Gasteiger partial charge on any atom is -0.325 e. The van der Waals surface area contributed by atoms with Gasteiger partial charge in [-0.05, 0) is 44.5 Å². The number of benzene rings is 2. The Bertz CT molecular complexity index is 1130. The van der Waals surface area contributed by atoms with Crippen molar-refractivity contribution in [1.82, 2.24) is 18.7 Å². The molecule has 0 amide bonds. The molecule has 2 heterocycles. The number of aryl methyl sites for hydroxylation is 3. The smallest absolute Gasteiger partial charge is 0.325 e. The van der Waals surface area contributed by atoms with Crippen LogP contribution in [0.4, 0.5) is 0 Å². The van der Waals surface area contributed by atoms with E-state index in [1.165, 1.54) is 5.52 Å². The van der Waals surface area contributed by atoms with Crippen LogP contribution in [0.1, 0.15) is 32.1 Å². The SMILES string of the molecule is CC(C)n1c(CCCn2c(=O)n(C)c3ccccc32)nc2ccccc21. The zero-order valence-electron chi connectivity index (χ0n) is 15.5. The Morgan fingerprint density at radius 3 is 2.35 bits per heavy atom. The van der Waals surface area contributed by atoms with E-state index in [0.717, 1.165) is 35.2 Å². The molecule has 0 unspecified atom stereocenters. The molecule has 4 aromatic rings. The summed E-state index contributed by atoms with van der Waals surface area (Å²) in [6, 6.07) is 16.6. The van der Waals surface area contributed by atoms with Crippen LogP contribution in [0.2, 0.25) is 0 Å². The number of hydrogen-bond acceptors (Lipinski definition) is 2. The Balaban J connectivity index is 1.62. The summed E-state index contributed by atoms with van der Waals surface area (Å²) in [5.74, 6) is 1.09. The maximum atomic E-state index is 12.6. The van der Waals surface area contributed by atoms with Gasteiger partial charge in [0.05, 0.1) is 22.1 Å². The molecular formula is C21H24N4O. The quantitative estimate of drug-likeness (QED) is 0.549. The fourth-order valence-corrected chi connectivity index (χ4v) is 3.82. The van der Waals surface area contributed by atoms with Gasteiger partial charge in [-0.25, -0.2) is 9.78 Å². The molecule has 0 aliphatic heterocycles. The van der Waals surface area contributed by atoms with Crippen molar-refractivity contribution in [3.8, 4) is 0 Å². The van der Waals surface area contributed by atoms with Crippen molar-refractivity contribution in [3.63, 3.8) is 0 Å². The summed E-state index contributed by atoms with van der Waals surface area (Å²) in [6.45, 7) is 5.07. The molecule has 2 aromatic heterocycles. The minimum absolute atomic E-state index is 0.0450. The molecule has 2 aromatic carbocycles. The van der Waals surface area contributed by atoms with Crippen LogP contribution in [-0.4, -0.2) is 18.7 Å². The van der Waals surface area contributed by atoms with Crippen LogP contribution >= 0.6 is 0 Å².